The van der Waals surface area contributed by atoms with Crippen LogP contribution in [0.5, 0.6) is 0 Å². The molecule has 0 spiro atoms. The first kappa shape index (κ1) is 17.8. The largest absolute Gasteiger partial charge is 0.462 e. The minimum absolute atomic E-state index is 0.291. The summed E-state index contributed by atoms with van der Waals surface area (Å²) >= 11 is 0. The van der Waals surface area contributed by atoms with E-state index >= 15 is 0 Å². The molecule has 0 radical (unpaired) electrons. The lowest BCUT2D eigenvalue weighted by atomic mass is 9.83. The standard InChI is InChI=1S/C20H29N3O2/c1-3-6-14-7-5-8-15(12-14)23-18-16-9-10-21-19(16)22-13-17(18)20(24)25-11-4-2/h9-10,13-15H,3-8,11-12H2,1-2H3,(H2,21,22,23)/t14-,15-/m0/s1. The fourth-order valence-corrected chi connectivity index (χ4v) is 3.89. The molecule has 1 aliphatic carbocycles. The molecule has 2 heterocycles. The summed E-state index contributed by atoms with van der Waals surface area (Å²) in [6, 6.07) is 2.39. The molecule has 0 amide bonds. The van der Waals surface area contributed by atoms with E-state index in [2.05, 4.69) is 22.2 Å². The zero-order valence-electron chi connectivity index (χ0n) is 15.3. The predicted molar refractivity (Wildman–Crippen MR) is 101 cm³/mol. The summed E-state index contributed by atoms with van der Waals surface area (Å²) < 4.78 is 5.36. The maximum absolute atomic E-state index is 12.5. The van der Waals surface area contributed by atoms with Crippen molar-refractivity contribution < 1.29 is 9.53 Å². The molecule has 1 saturated carbocycles. The zero-order chi connectivity index (χ0) is 17.6. The van der Waals surface area contributed by atoms with Crippen LogP contribution in [-0.4, -0.2) is 28.6 Å². The van der Waals surface area contributed by atoms with Crippen molar-refractivity contribution in [2.45, 2.75) is 64.8 Å². The van der Waals surface area contributed by atoms with Crippen LogP contribution in [0.4, 0.5) is 5.69 Å². The second-order valence-corrected chi connectivity index (χ2v) is 7.09. The van der Waals surface area contributed by atoms with Crippen LogP contribution in [-0.2, 0) is 4.74 Å². The van der Waals surface area contributed by atoms with E-state index in [1.807, 2.05) is 19.2 Å². The fraction of sp³-hybridized carbons (Fsp3) is 0.600. The summed E-state index contributed by atoms with van der Waals surface area (Å²) in [5, 5.41) is 4.63. The Hall–Kier alpha value is -2.04. The quantitative estimate of drug-likeness (QED) is 0.702. The number of anilines is 1. The minimum Gasteiger partial charge on any atom is -0.462 e. The Balaban J connectivity index is 1.85. The van der Waals surface area contributed by atoms with Crippen LogP contribution >= 0.6 is 0 Å². The number of ether oxygens (including phenoxy) is 1. The number of hydrogen-bond donors (Lipinski definition) is 2. The van der Waals surface area contributed by atoms with E-state index in [0.29, 0.717) is 18.2 Å². The van der Waals surface area contributed by atoms with Crippen molar-refractivity contribution in [3.8, 4) is 0 Å². The first-order valence-electron chi connectivity index (χ1n) is 9.62. The number of nitrogens with one attached hydrogen (secondary N) is 2. The lowest BCUT2D eigenvalue weighted by molar-refractivity contribution is 0.0506. The van der Waals surface area contributed by atoms with Gasteiger partial charge in [-0.15, -0.1) is 0 Å². The molecule has 136 valence electrons. The van der Waals surface area contributed by atoms with Gasteiger partial charge in [-0.25, -0.2) is 9.78 Å². The summed E-state index contributed by atoms with van der Waals surface area (Å²) in [4.78, 5) is 20.0. The van der Waals surface area contributed by atoms with Gasteiger partial charge in [0, 0.05) is 23.8 Å². The molecule has 25 heavy (non-hydrogen) atoms. The van der Waals surface area contributed by atoms with Crippen LogP contribution in [0.15, 0.2) is 18.5 Å². The van der Waals surface area contributed by atoms with Crippen LogP contribution in [0.2, 0.25) is 0 Å². The summed E-state index contributed by atoms with van der Waals surface area (Å²) in [6.45, 7) is 4.69. The van der Waals surface area contributed by atoms with Gasteiger partial charge >= 0.3 is 5.97 Å². The molecule has 1 aliphatic rings. The monoisotopic (exact) mass is 343 g/mol. The third kappa shape index (κ3) is 4.14. The molecule has 2 atom stereocenters. The van der Waals surface area contributed by atoms with Crippen LogP contribution in [0.1, 0.15) is 69.2 Å². The number of aromatic amines is 1. The minimum atomic E-state index is -0.291. The van der Waals surface area contributed by atoms with Gasteiger partial charge in [0.2, 0.25) is 0 Å². The molecular formula is C20H29N3O2. The average molecular weight is 343 g/mol. The summed E-state index contributed by atoms with van der Waals surface area (Å²) in [6.07, 6.45) is 11.7. The van der Waals surface area contributed by atoms with E-state index in [1.165, 1.54) is 32.1 Å². The van der Waals surface area contributed by atoms with Crippen molar-refractivity contribution in [3.05, 3.63) is 24.0 Å². The van der Waals surface area contributed by atoms with E-state index in [-0.39, 0.29) is 5.97 Å². The normalized spacial score (nSPS) is 20.6. The molecule has 0 unspecified atom stereocenters. The van der Waals surface area contributed by atoms with Crippen molar-refractivity contribution in [2.75, 3.05) is 11.9 Å². The summed E-state index contributed by atoms with van der Waals surface area (Å²) in [5.41, 5.74) is 2.21. The molecule has 1 fully saturated rings. The first-order chi connectivity index (χ1) is 12.2. The van der Waals surface area contributed by atoms with Gasteiger partial charge in [-0.3, -0.25) is 0 Å². The molecule has 5 nitrogen and oxygen atoms in total. The van der Waals surface area contributed by atoms with Gasteiger partial charge in [0.25, 0.3) is 0 Å². The molecule has 0 aromatic carbocycles. The molecule has 2 aromatic rings. The van der Waals surface area contributed by atoms with E-state index in [4.69, 9.17) is 4.74 Å². The molecule has 5 heteroatoms. The Morgan fingerprint density at radius 2 is 2.24 bits per heavy atom. The fourth-order valence-electron chi connectivity index (χ4n) is 3.89. The van der Waals surface area contributed by atoms with Gasteiger partial charge in [0.15, 0.2) is 0 Å². The maximum atomic E-state index is 12.5. The van der Waals surface area contributed by atoms with Gasteiger partial charge < -0.3 is 15.0 Å². The SMILES string of the molecule is CCCOC(=O)c1cnc2[nH]ccc2c1N[C@H]1CCC[C@H](CCC)C1. The zero-order valence-corrected chi connectivity index (χ0v) is 15.3. The smallest absolute Gasteiger partial charge is 0.341 e. The van der Waals surface area contributed by atoms with Crippen LogP contribution < -0.4 is 5.32 Å². The second-order valence-electron chi connectivity index (χ2n) is 7.09. The van der Waals surface area contributed by atoms with Crippen molar-refractivity contribution in [1.82, 2.24) is 9.97 Å². The number of rotatable bonds is 7. The Labute approximate surface area is 149 Å². The highest BCUT2D eigenvalue weighted by molar-refractivity contribution is 6.04. The average Bonchev–Trinajstić information content (AvgIpc) is 3.10. The van der Waals surface area contributed by atoms with Crippen molar-refractivity contribution in [3.63, 3.8) is 0 Å². The number of carbonyl (C=O) groups is 1. The molecule has 0 bridgehead atoms. The third-order valence-corrected chi connectivity index (χ3v) is 5.07. The highest BCUT2D eigenvalue weighted by Gasteiger charge is 2.24. The molecule has 3 rings (SSSR count). The van der Waals surface area contributed by atoms with E-state index in [1.54, 1.807) is 6.20 Å². The lowest BCUT2D eigenvalue weighted by Gasteiger charge is -2.31. The number of carbonyl (C=O) groups excluding carboxylic acids is 1. The van der Waals surface area contributed by atoms with Gasteiger partial charge in [-0.2, -0.15) is 0 Å². The number of fused-ring (bicyclic) bond motifs is 1. The lowest BCUT2D eigenvalue weighted by Crippen LogP contribution is -2.28. The van der Waals surface area contributed by atoms with Gasteiger partial charge in [0.05, 0.1) is 12.3 Å². The molecular weight excluding hydrogens is 314 g/mol. The second kappa shape index (κ2) is 8.37. The number of esters is 1. The summed E-state index contributed by atoms with van der Waals surface area (Å²) in [5.74, 6) is 0.496. The topological polar surface area (TPSA) is 67.0 Å². The Bertz CT molecular complexity index is 708. The highest BCUT2D eigenvalue weighted by atomic mass is 16.5. The van der Waals surface area contributed by atoms with Gasteiger partial charge in [0.1, 0.15) is 11.2 Å². The Morgan fingerprint density at radius 3 is 3.04 bits per heavy atom. The highest BCUT2D eigenvalue weighted by Crippen LogP contribution is 2.33. The van der Waals surface area contributed by atoms with E-state index < -0.39 is 0 Å². The summed E-state index contributed by atoms with van der Waals surface area (Å²) in [7, 11) is 0. The Kier molecular flexibility index (Phi) is 5.95. The third-order valence-electron chi connectivity index (χ3n) is 5.07. The first-order valence-corrected chi connectivity index (χ1v) is 9.62. The maximum Gasteiger partial charge on any atom is 0.341 e. The number of nitrogens with zero attached hydrogens (tertiary/aromatic N) is 1. The number of pyridine rings is 1. The number of aromatic nitrogens is 2. The molecule has 2 N–H and O–H groups in total. The van der Waals surface area contributed by atoms with Gasteiger partial charge in [-0.1, -0.05) is 39.5 Å². The number of hydrogen-bond acceptors (Lipinski definition) is 4. The predicted octanol–water partition coefficient (Wildman–Crippen LogP) is 4.90. The van der Waals surface area contributed by atoms with Crippen molar-refractivity contribution in [2.24, 2.45) is 5.92 Å². The van der Waals surface area contributed by atoms with Gasteiger partial charge in [-0.05, 0) is 31.2 Å². The van der Waals surface area contributed by atoms with Crippen molar-refractivity contribution in [1.29, 1.82) is 0 Å². The van der Waals surface area contributed by atoms with Crippen LogP contribution in [0.25, 0.3) is 11.0 Å². The molecule has 2 aromatic heterocycles. The van der Waals surface area contributed by atoms with Crippen LogP contribution in [0.3, 0.4) is 0 Å². The molecule has 0 saturated heterocycles. The van der Waals surface area contributed by atoms with Crippen molar-refractivity contribution >= 4 is 22.7 Å². The number of H-pyrrole nitrogens is 1. The Morgan fingerprint density at radius 1 is 1.36 bits per heavy atom. The van der Waals surface area contributed by atoms with E-state index in [0.717, 1.165) is 35.5 Å². The van der Waals surface area contributed by atoms with Crippen LogP contribution in [0, 0.1) is 5.92 Å². The van der Waals surface area contributed by atoms with E-state index in [9.17, 15) is 4.79 Å². The molecule has 0 aliphatic heterocycles.